The van der Waals surface area contributed by atoms with E-state index in [9.17, 15) is 0 Å². The quantitative estimate of drug-likeness (QED) is 0.189. The molecule has 2 heteroatoms. The Kier molecular flexibility index (Phi) is 4.74. The summed E-state index contributed by atoms with van der Waals surface area (Å²) < 4.78 is 3.55. The summed E-state index contributed by atoms with van der Waals surface area (Å²) in [6.45, 7) is 0. The molecule has 0 N–H and O–H groups in total. The Morgan fingerprint density at radius 1 is 0.447 bits per heavy atom. The van der Waals surface area contributed by atoms with Crippen molar-refractivity contribution in [3.63, 3.8) is 0 Å². The first-order valence-electron chi connectivity index (χ1n) is 12.9. The fraction of sp³-hybridized carbons (Fsp3) is 0. The van der Waals surface area contributed by atoms with Gasteiger partial charge < -0.3 is 4.57 Å². The second-order valence-corrected chi connectivity index (χ2v) is 10.8. The van der Waals surface area contributed by atoms with Crippen molar-refractivity contribution >= 4 is 70.1 Å². The number of nitrogens with zero attached hydrogens (tertiary/aromatic N) is 1. The van der Waals surface area contributed by atoms with Crippen molar-refractivity contribution < 1.29 is 0 Å². The average molecular weight is 548 g/mol. The lowest BCUT2D eigenvalue weighted by Gasteiger charge is -2.17. The second-order valence-electron chi connectivity index (χ2n) is 9.86. The fourth-order valence-electron chi connectivity index (χ4n) is 6.25. The Balaban J connectivity index is 1.73. The van der Waals surface area contributed by atoms with Gasteiger partial charge in [0.25, 0.3) is 0 Å². The van der Waals surface area contributed by atoms with Crippen LogP contribution in [0.15, 0.2) is 138 Å². The number of benzene rings is 7. The third-order valence-corrected chi connectivity index (χ3v) is 8.29. The molecule has 38 heavy (non-hydrogen) atoms. The van der Waals surface area contributed by atoms with Gasteiger partial charge in [-0.15, -0.1) is 0 Å². The van der Waals surface area contributed by atoms with Crippen LogP contribution in [0.25, 0.3) is 70.9 Å². The SMILES string of the molecule is Brc1ccc2c(c1)c1c3ccccc3c3cc(-c4ccccc4)c4ccccc4c3c1n2-c1ccccc1. The van der Waals surface area contributed by atoms with E-state index in [-0.39, 0.29) is 0 Å². The summed E-state index contributed by atoms with van der Waals surface area (Å²) in [6, 6.07) is 48.4. The van der Waals surface area contributed by atoms with Crippen LogP contribution < -0.4 is 0 Å². The largest absolute Gasteiger partial charge is 0.309 e. The Hall–Kier alpha value is -4.40. The molecular formula is C36H22BrN. The van der Waals surface area contributed by atoms with Crippen molar-refractivity contribution in [2.45, 2.75) is 0 Å². The first-order valence-corrected chi connectivity index (χ1v) is 13.7. The minimum Gasteiger partial charge on any atom is -0.309 e. The minimum atomic E-state index is 1.09. The van der Waals surface area contributed by atoms with Crippen LogP contribution >= 0.6 is 15.9 Å². The minimum absolute atomic E-state index is 1.09. The highest BCUT2D eigenvalue weighted by Gasteiger charge is 2.21. The van der Waals surface area contributed by atoms with E-state index in [1.54, 1.807) is 0 Å². The molecule has 0 aliphatic rings. The van der Waals surface area contributed by atoms with Crippen LogP contribution in [0.1, 0.15) is 0 Å². The molecule has 1 nitrogen and oxygen atoms in total. The molecule has 0 saturated heterocycles. The van der Waals surface area contributed by atoms with Crippen molar-refractivity contribution in [3.8, 4) is 16.8 Å². The second kappa shape index (κ2) is 8.31. The van der Waals surface area contributed by atoms with Crippen molar-refractivity contribution in [2.75, 3.05) is 0 Å². The molecule has 1 aromatic heterocycles. The van der Waals surface area contributed by atoms with Gasteiger partial charge in [-0.3, -0.25) is 0 Å². The third-order valence-electron chi connectivity index (χ3n) is 7.80. The van der Waals surface area contributed by atoms with Crippen LogP contribution in [0.4, 0.5) is 0 Å². The normalized spacial score (nSPS) is 11.8. The van der Waals surface area contributed by atoms with Crippen LogP contribution in [0.5, 0.6) is 0 Å². The summed E-state index contributed by atoms with van der Waals surface area (Å²) >= 11 is 3.76. The van der Waals surface area contributed by atoms with E-state index >= 15 is 0 Å². The predicted octanol–water partition coefficient (Wildman–Crippen LogP) is 10.7. The van der Waals surface area contributed by atoms with Gasteiger partial charge in [0.1, 0.15) is 0 Å². The molecule has 0 bridgehead atoms. The van der Waals surface area contributed by atoms with Crippen LogP contribution in [-0.2, 0) is 0 Å². The van der Waals surface area contributed by atoms with Gasteiger partial charge in [0.15, 0.2) is 0 Å². The molecule has 178 valence electrons. The fourth-order valence-corrected chi connectivity index (χ4v) is 6.61. The first kappa shape index (κ1) is 21.7. The number of halogens is 1. The highest BCUT2D eigenvalue weighted by molar-refractivity contribution is 9.10. The lowest BCUT2D eigenvalue weighted by Crippen LogP contribution is -1.95. The van der Waals surface area contributed by atoms with Crippen LogP contribution in [0.3, 0.4) is 0 Å². The zero-order valence-electron chi connectivity index (χ0n) is 20.5. The molecule has 0 radical (unpaired) electrons. The Labute approximate surface area is 228 Å². The molecule has 0 aliphatic carbocycles. The van der Waals surface area contributed by atoms with Gasteiger partial charge in [-0.25, -0.2) is 0 Å². The highest BCUT2D eigenvalue weighted by atomic mass is 79.9. The summed E-state index contributed by atoms with van der Waals surface area (Å²) in [5.41, 5.74) is 6.14. The number of hydrogen-bond donors (Lipinski definition) is 0. The van der Waals surface area contributed by atoms with E-state index in [4.69, 9.17) is 0 Å². The molecule has 7 aromatic carbocycles. The number of rotatable bonds is 2. The van der Waals surface area contributed by atoms with Gasteiger partial charge in [-0.2, -0.15) is 0 Å². The zero-order valence-corrected chi connectivity index (χ0v) is 22.1. The van der Waals surface area contributed by atoms with Gasteiger partial charge in [-0.1, -0.05) is 113 Å². The van der Waals surface area contributed by atoms with Crippen molar-refractivity contribution in [1.29, 1.82) is 0 Å². The summed E-state index contributed by atoms with van der Waals surface area (Å²) in [5.74, 6) is 0. The summed E-state index contributed by atoms with van der Waals surface area (Å²) in [5, 5.41) is 10.2. The van der Waals surface area contributed by atoms with Crippen molar-refractivity contribution in [3.05, 3.63) is 138 Å². The number of hydrogen-bond acceptors (Lipinski definition) is 0. The summed E-state index contributed by atoms with van der Waals surface area (Å²) in [7, 11) is 0. The van der Waals surface area contributed by atoms with Crippen molar-refractivity contribution in [1.82, 2.24) is 4.57 Å². The van der Waals surface area contributed by atoms with E-state index in [0.717, 1.165) is 4.47 Å². The number of para-hydroxylation sites is 1. The Bertz CT molecular complexity index is 2170. The molecule has 8 aromatic rings. The van der Waals surface area contributed by atoms with Gasteiger partial charge in [0, 0.05) is 26.3 Å². The molecule has 0 atom stereocenters. The Morgan fingerprint density at radius 2 is 1.03 bits per heavy atom. The topological polar surface area (TPSA) is 4.93 Å². The van der Waals surface area contributed by atoms with Crippen molar-refractivity contribution in [2.24, 2.45) is 0 Å². The lowest BCUT2D eigenvalue weighted by molar-refractivity contribution is 1.19. The number of fused-ring (bicyclic) bond motifs is 10. The molecule has 0 aliphatic heterocycles. The van der Waals surface area contributed by atoms with Gasteiger partial charge >= 0.3 is 0 Å². The maximum atomic E-state index is 3.76. The monoisotopic (exact) mass is 547 g/mol. The summed E-state index contributed by atoms with van der Waals surface area (Å²) in [6.07, 6.45) is 0. The van der Waals surface area contributed by atoms with Crippen LogP contribution in [0.2, 0.25) is 0 Å². The molecule has 0 spiro atoms. The van der Waals surface area contributed by atoms with Gasteiger partial charge in [-0.05, 0) is 74.5 Å². The summed E-state index contributed by atoms with van der Waals surface area (Å²) in [4.78, 5) is 0. The van der Waals surface area contributed by atoms with E-state index in [0.29, 0.717) is 0 Å². The van der Waals surface area contributed by atoms with E-state index in [2.05, 4.69) is 154 Å². The smallest absolute Gasteiger partial charge is 0.0632 e. The van der Waals surface area contributed by atoms with Crippen LogP contribution in [0, 0.1) is 0 Å². The molecule has 1 heterocycles. The molecule has 8 rings (SSSR count). The highest BCUT2D eigenvalue weighted by Crippen LogP contribution is 2.47. The Morgan fingerprint density at radius 3 is 1.76 bits per heavy atom. The average Bonchev–Trinajstić information content (AvgIpc) is 3.32. The molecule has 0 amide bonds. The van der Waals surface area contributed by atoms with Crippen LogP contribution in [-0.4, -0.2) is 4.57 Å². The number of aromatic nitrogens is 1. The third kappa shape index (κ3) is 3.04. The maximum Gasteiger partial charge on any atom is 0.0632 e. The lowest BCUT2D eigenvalue weighted by atomic mass is 9.89. The molecule has 0 saturated carbocycles. The molecule has 0 unspecified atom stereocenters. The molecular weight excluding hydrogens is 526 g/mol. The predicted molar refractivity (Wildman–Crippen MR) is 166 cm³/mol. The van der Waals surface area contributed by atoms with E-state index in [1.807, 2.05) is 0 Å². The van der Waals surface area contributed by atoms with Gasteiger partial charge in [0.05, 0.1) is 11.0 Å². The zero-order chi connectivity index (χ0) is 25.2. The van der Waals surface area contributed by atoms with E-state index in [1.165, 1.54) is 70.9 Å². The maximum absolute atomic E-state index is 3.76. The first-order chi connectivity index (χ1) is 18.8. The van der Waals surface area contributed by atoms with Gasteiger partial charge in [0.2, 0.25) is 0 Å². The standard InChI is InChI=1S/C36H22BrN/c37-24-19-20-33-32(21-24)35-29-18-10-8-16-27(29)31-22-30(23-11-3-1-4-12-23)26-15-7-9-17-28(26)34(31)36(35)38(33)25-13-5-2-6-14-25/h1-22H. The molecule has 0 fully saturated rings. The van der Waals surface area contributed by atoms with E-state index < -0.39 is 0 Å².